The quantitative estimate of drug-likeness (QED) is 0.413. The first-order chi connectivity index (χ1) is 15.7. The van der Waals surface area contributed by atoms with Crippen molar-refractivity contribution >= 4 is 9.84 Å². The molecule has 3 rings (SSSR count). The fraction of sp³-hybridized carbons (Fsp3) is 0.360. The highest BCUT2D eigenvalue weighted by Gasteiger charge is 2.18. The van der Waals surface area contributed by atoms with Crippen LogP contribution >= 0.6 is 0 Å². The maximum absolute atomic E-state index is 13.4. The molecule has 0 amide bonds. The first-order valence-electron chi connectivity index (χ1n) is 11.1. The first kappa shape index (κ1) is 24.6. The summed E-state index contributed by atoms with van der Waals surface area (Å²) in [6.07, 6.45) is 6.75. The van der Waals surface area contributed by atoms with Crippen LogP contribution in [0.2, 0.25) is 0 Å². The minimum absolute atomic E-state index is 0.136. The Morgan fingerprint density at radius 2 is 1.73 bits per heavy atom. The average Bonchev–Trinajstić information content (AvgIpc) is 2.80. The Morgan fingerprint density at radius 3 is 2.30 bits per heavy atom. The Bertz CT molecular complexity index is 1240. The summed E-state index contributed by atoms with van der Waals surface area (Å²) in [5.41, 5.74) is 1.05. The zero-order valence-corrected chi connectivity index (χ0v) is 19.9. The van der Waals surface area contributed by atoms with Crippen molar-refractivity contribution in [2.75, 3.05) is 12.9 Å². The van der Waals surface area contributed by atoms with Crippen molar-refractivity contribution in [3.8, 4) is 22.6 Å². The van der Waals surface area contributed by atoms with Crippen LogP contribution in [0.1, 0.15) is 39.5 Å². The molecule has 1 aromatic heterocycles. The van der Waals surface area contributed by atoms with E-state index in [2.05, 4.69) is 18.9 Å². The van der Waals surface area contributed by atoms with Crippen LogP contribution in [0.15, 0.2) is 64.4 Å². The van der Waals surface area contributed by atoms with Gasteiger partial charge in [0.2, 0.25) is 0 Å². The number of nitrogens with zero attached hydrogens (tertiary/aromatic N) is 2. The van der Waals surface area contributed by atoms with Gasteiger partial charge in [0, 0.05) is 11.8 Å². The minimum Gasteiger partial charge on any atom is -0.487 e. The topological polar surface area (TPSA) is 78.3 Å². The number of hydrogen-bond donors (Lipinski definition) is 0. The van der Waals surface area contributed by atoms with E-state index in [1.807, 2.05) is 0 Å². The standard InChI is InChI=1S/C25H29FN2O4S/c1-4-6-7-18(5-2)17-32-24-23(19-8-14-22(15-9-19)33(3,30)31)16-27-28(25(24)29)21-12-10-20(26)11-13-21/h8-16,18H,4-7,17H2,1-3H3. The molecule has 33 heavy (non-hydrogen) atoms. The molecule has 1 atom stereocenters. The summed E-state index contributed by atoms with van der Waals surface area (Å²) in [4.78, 5) is 13.6. The molecule has 0 bridgehead atoms. The van der Waals surface area contributed by atoms with Gasteiger partial charge in [0.1, 0.15) is 5.82 Å². The molecule has 2 aromatic carbocycles. The lowest BCUT2D eigenvalue weighted by Gasteiger charge is -2.18. The normalized spacial score (nSPS) is 12.5. The van der Waals surface area contributed by atoms with E-state index < -0.39 is 21.2 Å². The lowest BCUT2D eigenvalue weighted by Crippen LogP contribution is -2.25. The highest BCUT2D eigenvalue weighted by Crippen LogP contribution is 2.28. The molecule has 6 nitrogen and oxygen atoms in total. The van der Waals surface area contributed by atoms with Gasteiger partial charge in [-0.25, -0.2) is 12.8 Å². The van der Waals surface area contributed by atoms with Crippen LogP contribution < -0.4 is 10.3 Å². The highest BCUT2D eigenvalue weighted by molar-refractivity contribution is 7.90. The monoisotopic (exact) mass is 472 g/mol. The van der Waals surface area contributed by atoms with Crippen LogP contribution in [-0.4, -0.2) is 31.1 Å². The zero-order chi connectivity index (χ0) is 24.0. The Balaban J connectivity index is 2.05. The van der Waals surface area contributed by atoms with E-state index >= 15 is 0 Å². The van der Waals surface area contributed by atoms with Gasteiger partial charge in [-0.3, -0.25) is 4.79 Å². The summed E-state index contributed by atoms with van der Waals surface area (Å²) in [5.74, 6) is 0.0289. The maximum atomic E-state index is 13.4. The number of benzene rings is 2. The molecule has 0 aliphatic rings. The minimum atomic E-state index is -3.34. The van der Waals surface area contributed by atoms with E-state index in [1.165, 1.54) is 47.3 Å². The molecule has 0 saturated heterocycles. The van der Waals surface area contributed by atoms with Gasteiger partial charge in [0.25, 0.3) is 0 Å². The fourth-order valence-corrected chi connectivity index (χ4v) is 4.16. The molecule has 0 spiro atoms. The summed E-state index contributed by atoms with van der Waals surface area (Å²) in [5, 5.41) is 4.27. The summed E-state index contributed by atoms with van der Waals surface area (Å²) in [6.45, 7) is 4.61. The molecule has 0 fully saturated rings. The van der Waals surface area contributed by atoms with Crippen molar-refractivity contribution in [1.29, 1.82) is 0 Å². The zero-order valence-electron chi connectivity index (χ0n) is 19.1. The summed E-state index contributed by atoms with van der Waals surface area (Å²) in [6, 6.07) is 11.7. The van der Waals surface area contributed by atoms with Crippen LogP contribution in [-0.2, 0) is 9.84 Å². The van der Waals surface area contributed by atoms with Gasteiger partial charge in [-0.15, -0.1) is 0 Å². The predicted octanol–water partition coefficient (Wildman–Crippen LogP) is 5.04. The maximum Gasteiger partial charge on any atom is 0.314 e. The number of aromatic nitrogens is 2. The smallest absolute Gasteiger partial charge is 0.314 e. The summed E-state index contributed by atoms with van der Waals surface area (Å²) >= 11 is 0. The van der Waals surface area contributed by atoms with Gasteiger partial charge < -0.3 is 4.74 Å². The first-order valence-corrected chi connectivity index (χ1v) is 12.9. The number of hydrogen-bond acceptors (Lipinski definition) is 5. The second kappa shape index (κ2) is 10.7. The lowest BCUT2D eigenvalue weighted by molar-refractivity contribution is 0.230. The van der Waals surface area contributed by atoms with Gasteiger partial charge in [-0.05, 0) is 54.3 Å². The van der Waals surface area contributed by atoms with E-state index in [4.69, 9.17) is 4.74 Å². The van der Waals surface area contributed by atoms with E-state index in [0.717, 1.165) is 31.9 Å². The average molecular weight is 473 g/mol. The summed E-state index contributed by atoms with van der Waals surface area (Å²) in [7, 11) is -3.34. The van der Waals surface area contributed by atoms with Gasteiger partial charge in [-0.2, -0.15) is 9.78 Å². The van der Waals surface area contributed by atoms with E-state index in [-0.39, 0.29) is 10.6 Å². The molecule has 0 aliphatic carbocycles. The molecule has 0 N–H and O–H groups in total. The van der Waals surface area contributed by atoms with Gasteiger partial charge in [0.05, 0.1) is 23.4 Å². The Labute approximate surface area is 194 Å². The highest BCUT2D eigenvalue weighted by atomic mass is 32.2. The molecule has 0 radical (unpaired) electrons. The van der Waals surface area contributed by atoms with E-state index in [1.54, 1.807) is 12.1 Å². The fourth-order valence-electron chi connectivity index (χ4n) is 3.53. The molecule has 176 valence electrons. The van der Waals surface area contributed by atoms with Crippen molar-refractivity contribution in [2.24, 2.45) is 5.92 Å². The lowest BCUT2D eigenvalue weighted by atomic mass is 10.0. The largest absolute Gasteiger partial charge is 0.487 e. The van der Waals surface area contributed by atoms with Crippen molar-refractivity contribution in [1.82, 2.24) is 9.78 Å². The van der Waals surface area contributed by atoms with Crippen LogP contribution in [0.25, 0.3) is 16.8 Å². The molecular formula is C25H29FN2O4S. The van der Waals surface area contributed by atoms with Crippen molar-refractivity contribution in [2.45, 2.75) is 44.4 Å². The molecule has 8 heteroatoms. The third kappa shape index (κ3) is 6.07. The van der Waals surface area contributed by atoms with Crippen LogP contribution in [0.5, 0.6) is 5.75 Å². The number of ether oxygens (including phenoxy) is 1. The molecular weight excluding hydrogens is 443 g/mol. The second-order valence-electron chi connectivity index (χ2n) is 8.10. The second-order valence-corrected chi connectivity index (χ2v) is 10.1. The number of sulfone groups is 1. The summed E-state index contributed by atoms with van der Waals surface area (Å²) < 4.78 is 44.2. The van der Waals surface area contributed by atoms with Crippen molar-refractivity contribution < 1.29 is 17.5 Å². The van der Waals surface area contributed by atoms with Crippen LogP contribution in [0.4, 0.5) is 4.39 Å². The van der Waals surface area contributed by atoms with Crippen molar-refractivity contribution in [3.05, 3.63) is 70.9 Å². The molecule has 3 aromatic rings. The number of rotatable bonds is 10. The van der Waals surface area contributed by atoms with E-state index in [9.17, 15) is 17.6 Å². The molecule has 1 unspecified atom stereocenters. The van der Waals surface area contributed by atoms with Gasteiger partial charge in [-0.1, -0.05) is 45.2 Å². The van der Waals surface area contributed by atoms with Crippen LogP contribution in [0.3, 0.4) is 0 Å². The van der Waals surface area contributed by atoms with Gasteiger partial charge >= 0.3 is 5.56 Å². The molecule has 0 saturated carbocycles. The van der Waals surface area contributed by atoms with E-state index in [0.29, 0.717) is 29.3 Å². The Morgan fingerprint density at radius 1 is 1.06 bits per heavy atom. The third-order valence-electron chi connectivity index (χ3n) is 5.60. The number of unbranched alkanes of at least 4 members (excludes halogenated alkanes) is 1. The Hall–Kier alpha value is -3.00. The number of halogens is 1. The van der Waals surface area contributed by atoms with Crippen molar-refractivity contribution in [3.63, 3.8) is 0 Å². The van der Waals surface area contributed by atoms with Gasteiger partial charge in [0.15, 0.2) is 15.6 Å². The predicted molar refractivity (Wildman–Crippen MR) is 127 cm³/mol. The molecule has 1 heterocycles. The Kier molecular flexibility index (Phi) is 8.02. The van der Waals surface area contributed by atoms with Crippen LogP contribution in [0, 0.1) is 11.7 Å². The SMILES string of the molecule is CCCCC(CC)COc1c(-c2ccc(S(C)(=O)=O)cc2)cnn(-c2ccc(F)cc2)c1=O. The third-order valence-corrected chi connectivity index (χ3v) is 6.73. The molecule has 0 aliphatic heterocycles.